The molecule has 2 N–H and O–H groups in total. The zero-order valence-electron chi connectivity index (χ0n) is 20.1. The van der Waals surface area contributed by atoms with Crippen molar-refractivity contribution >= 4 is 29.3 Å². The van der Waals surface area contributed by atoms with E-state index in [0.29, 0.717) is 55.4 Å². The van der Waals surface area contributed by atoms with Crippen molar-refractivity contribution < 1.29 is 19.1 Å². The van der Waals surface area contributed by atoms with Gasteiger partial charge in [-0.2, -0.15) is 0 Å². The summed E-state index contributed by atoms with van der Waals surface area (Å²) in [7, 11) is 0. The molecule has 1 saturated carbocycles. The summed E-state index contributed by atoms with van der Waals surface area (Å²) >= 11 is 6.08. The monoisotopic (exact) mass is 497 g/mol. The van der Waals surface area contributed by atoms with Gasteiger partial charge in [0.2, 0.25) is 11.8 Å². The Labute approximate surface area is 211 Å². The molecule has 0 atom stereocenters. The van der Waals surface area contributed by atoms with Gasteiger partial charge in [-0.1, -0.05) is 41.8 Å². The van der Waals surface area contributed by atoms with Gasteiger partial charge < -0.3 is 20.3 Å². The standard InChI is InChI=1S/C27H32ClN3O4/c1-19-5-10-23-22(18-19)25(33)30-13-16-31(15-2-4-24(32)29-14-17-35-23)26(34)27(11-3-12-27)20-6-8-21(28)9-7-20/h5-10,18H,2-4,11-17H2,1H3,(H,29,32)(H,30,33). The van der Waals surface area contributed by atoms with E-state index >= 15 is 0 Å². The maximum Gasteiger partial charge on any atom is 0.255 e. The number of carbonyl (C=O) groups is 3. The van der Waals surface area contributed by atoms with Crippen LogP contribution in [0.15, 0.2) is 42.5 Å². The molecule has 0 unspecified atom stereocenters. The van der Waals surface area contributed by atoms with Crippen molar-refractivity contribution in [2.45, 2.75) is 44.4 Å². The molecule has 0 radical (unpaired) electrons. The van der Waals surface area contributed by atoms with Crippen molar-refractivity contribution in [2.24, 2.45) is 0 Å². The molecule has 186 valence electrons. The highest BCUT2D eigenvalue weighted by Gasteiger charge is 2.47. The summed E-state index contributed by atoms with van der Waals surface area (Å²) in [5.74, 6) is 0.197. The Morgan fingerprint density at radius 2 is 1.77 bits per heavy atom. The lowest BCUT2D eigenvalue weighted by atomic mass is 9.63. The number of hydrogen-bond donors (Lipinski definition) is 2. The molecule has 2 aliphatic rings. The lowest BCUT2D eigenvalue weighted by molar-refractivity contribution is -0.141. The molecule has 35 heavy (non-hydrogen) atoms. The fraction of sp³-hybridized carbons (Fsp3) is 0.444. The Morgan fingerprint density at radius 3 is 2.49 bits per heavy atom. The lowest BCUT2D eigenvalue weighted by Crippen LogP contribution is -2.52. The average molecular weight is 498 g/mol. The molecule has 3 amide bonds. The summed E-state index contributed by atoms with van der Waals surface area (Å²) in [6.45, 7) is 3.64. The molecular weight excluding hydrogens is 466 g/mol. The van der Waals surface area contributed by atoms with E-state index in [1.807, 2.05) is 37.3 Å². The third-order valence-electron chi connectivity index (χ3n) is 6.86. The van der Waals surface area contributed by atoms with Crippen LogP contribution in [0, 0.1) is 6.92 Å². The van der Waals surface area contributed by atoms with Gasteiger partial charge in [-0.25, -0.2) is 0 Å². The summed E-state index contributed by atoms with van der Waals surface area (Å²) in [6.07, 6.45) is 3.40. The second-order valence-corrected chi connectivity index (χ2v) is 9.73. The van der Waals surface area contributed by atoms with Crippen LogP contribution in [-0.2, 0) is 15.0 Å². The SMILES string of the molecule is Cc1ccc2c(c1)C(=O)NCCN(C(=O)C1(c3ccc(Cl)cc3)CCC1)CCCC(=O)NCCO2. The Hall–Kier alpha value is -3.06. The van der Waals surface area contributed by atoms with Gasteiger partial charge in [0.15, 0.2) is 0 Å². The highest BCUT2D eigenvalue weighted by Crippen LogP contribution is 2.45. The van der Waals surface area contributed by atoms with E-state index in [2.05, 4.69) is 10.6 Å². The first-order valence-corrected chi connectivity index (χ1v) is 12.6. The molecule has 7 nitrogen and oxygen atoms in total. The topological polar surface area (TPSA) is 87.7 Å². The fourth-order valence-electron chi connectivity index (χ4n) is 4.76. The van der Waals surface area contributed by atoms with Crippen LogP contribution in [-0.4, -0.2) is 55.4 Å². The number of nitrogens with zero attached hydrogens (tertiary/aromatic N) is 1. The van der Waals surface area contributed by atoms with E-state index < -0.39 is 5.41 Å². The minimum atomic E-state index is -0.572. The molecule has 2 aromatic carbocycles. The normalized spacial score (nSPS) is 19.1. The Bertz CT molecular complexity index is 1080. The Morgan fingerprint density at radius 1 is 1.00 bits per heavy atom. The first-order valence-electron chi connectivity index (χ1n) is 12.2. The Kier molecular flexibility index (Phi) is 7.96. The van der Waals surface area contributed by atoms with Crippen molar-refractivity contribution in [1.29, 1.82) is 0 Å². The Balaban J connectivity index is 1.54. The van der Waals surface area contributed by atoms with Crippen LogP contribution < -0.4 is 15.4 Å². The molecule has 0 aromatic heterocycles. The summed E-state index contributed by atoms with van der Waals surface area (Å²) in [6, 6.07) is 12.9. The number of carbonyl (C=O) groups excluding carboxylic acids is 3. The van der Waals surface area contributed by atoms with Crippen molar-refractivity contribution in [2.75, 3.05) is 32.8 Å². The minimum Gasteiger partial charge on any atom is -0.491 e. The van der Waals surface area contributed by atoms with E-state index in [0.717, 1.165) is 30.4 Å². The van der Waals surface area contributed by atoms with Gasteiger partial charge in [0, 0.05) is 31.1 Å². The number of aryl methyl sites for hydroxylation is 1. The predicted octanol–water partition coefficient (Wildman–Crippen LogP) is 3.62. The molecule has 0 spiro atoms. The molecule has 0 bridgehead atoms. The molecule has 8 heteroatoms. The number of rotatable bonds is 2. The van der Waals surface area contributed by atoms with Crippen LogP contribution in [0.3, 0.4) is 0 Å². The molecular formula is C27H32ClN3O4. The molecule has 1 aliphatic carbocycles. The molecule has 1 fully saturated rings. The van der Waals surface area contributed by atoms with Crippen LogP contribution in [0.4, 0.5) is 0 Å². The van der Waals surface area contributed by atoms with Crippen molar-refractivity contribution in [1.82, 2.24) is 15.5 Å². The van der Waals surface area contributed by atoms with Crippen LogP contribution in [0.2, 0.25) is 5.02 Å². The number of amides is 3. The van der Waals surface area contributed by atoms with E-state index in [-0.39, 0.29) is 24.3 Å². The van der Waals surface area contributed by atoms with Crippen molar-refractivity contribution in [3.05, 3.63) is 64.2 Å². The highest BCUT2D eigenvalue weighted by atomic mass is 35.5. The summed E-state index contributed by atoms with van der Waals surface area (Å²) in [5, 5.41) is 6.44. The van der Waals surface area contributed by atoms with Crippen molar-refractivity contribution in [3.8, 4) is 5.75 Å². The molecule has 1 heterocycles. The number of halogens is 1. The third-order valence-corrected chi connectivity index (χ3v) is 7.11. The first kappa shape index (κ1) is 25.0. The summed E-state index contributed by atoms with van der Waals surface area (Å²) in [5.41, 5.74) is 1.79. The van der Waals surface area contributed by atoms with Crippen LogP contribution in [0.1, 0.15) is 53.6 Å². The quantitative estimate of drug-likeness (QED) is 0.663. The first-order chi connectivity index (χ1) is 16.9. The largest absolute Gasteiger partial charge is 0.491 e. The number of ether oxygens (including phenoxy) is 1. The van der Waals surface area contributed by atoms with Gasteiger partial charge in [-0.3, -0.25) is 14.4 Å². The average Bonchev–Trinajstić information content (AvgIpc) is 2.81. The maximum absolute atomic E-state index is 13.8. The van der Waals surface area contributed by atoms with Gasteiger partial charge in [-0.15, -0.1) is 0 Å². The fourth-order valence-corrected chi connectivity index (χ4v) is 4.89. The second-order valence-electron chi connectivity index (χ2n) is 9.29. The molecule has 0 saturated heterocycles. The van der Waals surface area contributed by atoms with E-state index in [1.165, 1.54) is 0 Å². The van der Waals surface area contributed by atoms with E-state index in [1.54, 1.807) is 17.0 Å². The van der Waals surface area contributed by atoms with Crippen LogP contribution in [0.25, 0.3) is 0 Å². The van der Waals surface area contributed by atoms with Gasteiger partial charge in [0.1, 0.15) is 12.4 Å². The van der Waals surface area contributed by atoms with E-state index in [9.17, 15) is 14.4 Å². The van der Waals surface area contributed by atoms with Crippen molar-refractivity contribution in [3.63, 3.8) is 0 Å². The maximum atomic E-state index is 13.8. The summed E-state index contributed by atoms with van der Waals surface area (Å²) < 4.78 is 5.77. The van der Waals surface area contributed by atoms with Gasteiger partial charge in [0.05, 0.1) is 17.5 Å². The zero-order chi connectivity index (χ0) is 24.8. The van der Waals surface area contributed by atoms with E-state index in [4.69, 9.17) is 16.3 Å². The highest BCUT2D eigenvalue weighted by molar-refractivity contribution is 6.30. The van der Waals surface area contributed by atoms with Crippen LogP contribution in [0.5, 0.6) is 5.75 Å². The number of fused-ring (bicyclic) bond motifs is 1. The molecule has 4 rings (SSSR count). The molecule has 2 aromatic rings. The number of benzene rings is 2. The number of hydrogen-bond acceptors (Lipinski definition) is 4. The second kappa shape index (κ2) is 11.1. The smallest absolute Gasteiger partial charge is 0.255 e. The number of nitrogens with one attached hydrogen (secondary N) is 2. The molecule has 1 aliphatic heterocycles. The van der Waals surface area contributed by atoms with Gasteiger partial charge in [0.25, 0.3) is 5.91 Å². The predicted molar refractivity (Wildman–Crippen MR) is 135 cm³/mol. The summed E-state index contributed by atoms with van der Waals surface area (Å²) in [4.78, 5) is 40.9. The van der Waals surface area contributed by atoms with Gasteiger partial charge in [-0.05, 0) is 56.0 Å². The van der Waals surface area contributed by atoms with Gasteiger partial charge >= 0.3 is 0 Å². The van der Waals surface area contributed by atoms with Crippen LogP contribution >= 0.6 is 11.6 Å². The minimum absolute atomic E-state index is 0.0459. The zero-order valence-corrected chi connectivity index (χ0v) is 20.8. The lowest BCUT2D eigenvalue weighted by Gasteiger charge is -2.44. The third kappa shape index (κ3) is 5.78.